The maximum atomic E-state index is 13.3. The summed E-state index contributed by atoms with van der Waals surface area (Å²) in [5.74, 6) is 0.635. The van der Waals surface area contributed by atoms with Crippen LogP contribution in [-0.2, 0) is 16.8 Å². The first kappa shape index (κ1) is 22.4. The topological polar surface area (TPSA) is 56.9 Å². The van der Waals surface area contributed by atoms with E-state index in [1.54, 1.807) is 16.7 Å². The lowest BCUT2D eigenvalue weighted by atomic mass is 9.66. The summed E-state index contributed by atoms with van der Waals surface area (Å²) in [6.45, 7) is -0.0124. The molecule has 0 atom stereocenters. The normalized spacial score (nSPS) is 17.8. The molecule has 0 spiro atoms. The van der Waals surface area contributed by atoms with Gasteiger partial charge in [-0.2, -0.15) is 0 Å². The fourth-order valence-electron chi connectivity index (χ4n) is 5.20. The van der Waals surface area contributed by atoms with E-state index in [9.17, 15) is 9.59 Å². The van der Waals surface area contributed by atoms with E-state index in [-0.39, 0.29) is 29.5 Å². The van der Waals surface area contributed by atoms with Gasteiger partial charge >= 0.3 is 5.69 Å². The van der Waals surface area contributed by atoms with Gasteiger partial charge in [-0.1, -0.05) is 54.6 Å². The molecule has 0 N–H and O–H groups in total. The van der Waals surface area contributed by atoms with Crippen LogP contribution in [0.2, 0.25) is 10.0 Å². The maximum Gasteiger partial charge on any atom is 0.346 e. The molecule has 172 valence electrons. The zero-order chi connectivity index (χ0) is 23.0. The molecule has 3 aromatic rings. The minimum Gasteiger partial charge on any atom is -0.298 e. The molecule has 2 aliphatic rings. The third-order valence-electron chi connectivity index (χ3n) is 6.99. The summed E-state index contributed by atoms with van der Waals surface area (Å²) in [6, 6.07) is 15.4. The van der Waals surface area contributed by atoms with E-state index in [1.807, 2.05) is 30.3 Å². The highest BCUT2D eigenvalue weighted by molar-refractivity contribution is 6.30. The van der Waals surface area contributed by atoms with E-state index in [4.69, 9.17) is 23.2 Å². The number of hydrogen-bond donors (Lipinski definition) is 0. The van der Waals surface area contributed by atoms with Crippen LogP contribution in [0, 0.1) is 0 Å². The van der Waals surface area contributed by atoms with E-state index in [2.05, 4.69) is 11.2 Å². The standard InChI is InChI=1S/C26H27Cl2N3O2/c27-20-9-7-18(8-10-20)24-29-30(25(33)31(24)22-11-12-22)17-23(32)16-26(13-2-1-3-14-26)19-5-4-6-21(28)15-19/h4-10,15,22H,1-3,11-14,16-17H2. The van der Waals surface area contributed by atoms with Crippen molar-refractivity contribution in [3.05, 3.63) is 74.6 Å². The third kappa shape index (κ3) is 4.67. The fourth-order valence-corrected chi connectivity index (χ4v) is 5.51. The van der Waals surface area contributed by atoms with Crippen LogP contribution in [0.3, 0.4) is 0 Å². The first-order valence-corrected chi connectivity index (χ1v) is 12.4. The Labute approximate surface area is 203 Å². The van der Waals surface area contributed by atoms with E-state index in [0.717, 1.165) is 49.7 Å². The van der Waals surface area contributed by atoms with Crippen LogP contribution in [0.15, 0.2) is 53.3 Å². The Kier molecular flexibility index (Phi) is 6.19. The molecule has 2 saturated carbocycles. The zero-order valence-electron chi connectivity index (χ0n) is 18.5. The Balaban J connectivity index is 1.43. The molecule has 2 aromatic carbocycles. The molecular formula is C26H27Cl2N3O2. The van der Waals surface area contributed by atoms with E-state index in [1.165, 1.54) is 11.1 Å². The summed E-state index contributed by atoms with van der Waals surface area (Å²) < 4.78 is 3.09. The first-order valence-electron chi connectivity index (χ1n) is 11.7. The van der Waals surface area contributed by atoms with Crippen molar-refractivity contribution in [2.75, 3.05) is 0 Å². The van der Waals surface area contributed by atoms with Crippen LogP contribution in [0.5, 0.6) is 0 Å². The number of ketones is 1. The predicted molar refractivity (Wildman–Crippen MR) is 131 cm³/mol. The molecule has 5 rings (SSSR count). The van der Waals surface area contributed by atoms with Gasteiger partial charge in [0.05, 0.1) is 0 Å². The van der Waals surface area contributed by atoms with Crippen LogP contribution in [0.1, 0.15) is 63.0 Å². The van der Waals surface area contributed by atoms with Crippen molar-refractivity contribution in [2.45, 2.75) is 69.4 Å². The molecule has 0 saturated heterocycles. The van der Waals surface area contributed by atoms with Crippen LogP contribution < -0.4 is 5.69 Å². The number of halogens is 2. The van der Waals surface area contributed by atoms with Gasteiger partial charge in [0.25, 0.3) is 0 Å². The second kappa shape index (κ2) is 9.11. The Morgan fingerprint density at radius 3 is 2.39 bits per heavy atom. The van der Waals surface area contributed by atoms with Gasteiger partial charge in [-0.15, -0.1) is 5.10 Å². The number of carbonyl (C=O) groups excluding carboxylic acids is 1. The largest absolute Gasteiger partial charge is 0.346 e. The SMILES string of the molecule is O=C(Cn1nc(-c2ccc(Cl)cc2)n(C2CC2)c1=O)CC1(c2cccc(Cl)c2)CCCCC1. The summed E-state index contributed by atoms with van der Waals surface area (Å²) in [5, 5.41) is 5.92. The number of carbonyl (C=O) groups is 1. The molecule has 0 aliphatic heterocycles. The van der Waals surface area contributed by atoms with Crippen molar-refractivity contribution < 1.29 is 4.79 Å². The second-order valence-corrected chi connectivity index (χ2v) is 10.3. The summed E-state index contributed by atoms with van der Waals surface area (Å²) >= 11 is 12.3. The average molecular weight is 484 g/mol. The van der Waals surface area contributed by atoms with E-state index in [0.29, 0.717) is 22.3 Å². The van der Waals surface area contributed by atoms with Gasteiger partial charge in [0.2, 0.25) is 0 Å². The lowest BCUT2D eigenvalue weighted by Gasteiger charge is -2.37. The number of Topliss-reactive ketones (excluding diaryl/α,β-unsaturated/α-hetero) is 1. The molecule has 2 aliphatic carbocycles. The van der Waals surface area contributed by atoms with E-state index < -0.39 is 0 Å². The minimum atomic E-state index is -0.220. The zero-order valence-corrected chi connectivity index (χ0v) is 20.0. The molecule has 0 unspecified atom stereocenters. The monoisotopic (exact) mass is 483 g/mol. The summed E-state index contributed by atoms with van der Waals surface area (Å²) in [5.41, 5.74) is 1.52. The Morgan fingerprint density at radius 2 is 1.73 bits per heavy atom. The molecule has 2 fully saturated rings. The van der Waals surface area contributed by atoms with Gasteiger partial charge in [0, 0.05) is 33.5 Å². The molecule has 0 bridgehead atoms. The summed E-state index contributed by atoms with van der Waals surface area (Å²) in [6.07, 6.45) is 7.60. The fraction of sp³-hybridized carbons (Fsp3) is 0.423. The molecule has 5 nitrogen and oxygen atoms in total. The first-order chi connectivity index (χ1) is 15.9. The minimum absolute atomic E-state index is 0.0124. The van der Waals surface area contributed by atoms with Crippen molar-refractivity contribution in [1.29, 1.82) is 0 Å². The Bertz CT molecular complexity index is 1220. The van der Waals surface area contributed by atoms with Gasteiger partial charge in [0.1, 0.15) is 6.54 Å². The van der Waals surface area contributed by atoms with Crippen molar-refractivity contribution in [3.8, 4) is 11.4 Å². The van der Waals surface area contributed by atoms with Crippen LogP contribution in [0.25, 0.3) is 11.4 Å². The smallest absolute Gasteiger partial charge is 0.298 e. The lowest BCUT2D eigenvalue weighted by Crippen LogP contribution is -2.35. The summed E-state index contributed by atoms with van der Waals surface area (Å²) in [7, 11) is 0. The van der Waals surface area contributed by atoms with Crippen molar-refractivity contribution >= 4 is 29.0 Å². The Morgan fingerprint density at radius 1 is 1.00 bits per heavy atom. The molecule has 1 aromatic heterocycles. The van der Waals surface area contributed by atoms with Crippen LogP contribution in [0.4, 0.5) is 0 Å². The van der Waals surface area contributed by atoms with Gasteiger partial charge < -0.3 is 0 Å². The molecular weight excluding hydrogens is 457 g/mol. The van der Waals surface area contributed by atoms with Crippen LogP contribution >= 0.6 is 23.2 Å². The van der Waals surface area contributed by atoms with Crippen molar-refractivity contribution in [1.82, 2.24) is 14.3 Å². The quantitative estimate of drug-likeness (QED) is 0.400. The number of rotatable bonds is 7. The highest BCUT2D eigenvalue weighted by atomic mass is 35.5. The molecule has 0 radical (unpaired) electrons. The average Bonchev–Trinajstić information content (AvgIpc) is 3.59. The van der Waals surface area contributed by atoms with Gasteiger partial charge in [0.15, 0.2) is 11.6 Å². The Hall–Kier alpha value is -2.37. The molecule has 1 heterocycles. The lowest BCUT2D eigenvalue weighted by molar-refractivity contribution is -0.121. The number of hydrogen-bond acceptors (Lipinski definition) is 3. The second-order valence-electron chi connectivity index (χ2n) is 9.44. The highest BCUT2D eigenvalue weighted by Gasteiger charge is 2.37. The highest BCUT2D eigenvalue weighted by Crippen LogP contribution is 2.43. The van der Waals surface area contributed by atoms with Crippen LogP contribution in [-0.4, -0.2) is 20.1 Å². The number of benzene rings is 2. The van der Waals surface area contributed by atoms with Crippen molar-refractivity contribution in [3.63, 3.8) is 0 Å². The van der Waals surface area contributed by atoms with Gasteiger partial charge in [-0.3, -0.25) is 9.36 Å². The summed E-state index contributed by atoms with van der Waals surface area (Å²) in [4.78, 5) is 26.5. The van der Waals surface area contributed by atoms with E-state index >= 15 is 0 Å². The van der Waals surface area contributed by atoms with Crippen molar-refractivity contribution in [2.24, 2.45) is 0 Å². The molecule has 7 heteroatoms. The predicted octanol–water partition coefficient (Wildman–Crippen LogP) is 6.21. The third-order valence-corrected chi connectivity index (χ3v) is 7.48. The molecule has 33 heavy (non-hydrogen) atoms. The molecule has 0 amide bonds. The van der Waals surface area contributed by atoms with Gasteiger partial charge in [-0.05, 0) is 67.6 Å². The number of nitrogens with zero attached hydrogens (tertiary/aromatic N) is 3. The number of aromatic nitrogens is 3. The maximum absolute atomic E-state index is 13.3. The van der Waals surface area contributed by atoms with Gasteiger partial charge in [-0.25, -0.2) is 9.48 Å².